The summed E-state index contributed by atoms with van der Waals surface area (Å²) in [5.41, 5.74) is 0. The summed E-state index contributed by atoms with van der Waals surface area (Å²) >= 11 is 0. The third kappa shape index (κ3) is 1.59. The summed E-state index contributed by atoms with van der Waals surface area (Å²) in [6, 6.07) is 5.82. The molecule has 0 saturated carbocycles. The number of hydrogen-bond donors (Lipinski definition) is 0. The summed E-state index contributed by atoms with van der Waals surface area (Å²) in [5.74, 6) is 0.898. The van der Waals surface area contributed by atoms with E-state index in [0.29, 0.717) is 0 Å². The van der Waals surface area contributed by atoms with Crippen molar-refractivity contribution in [2.45, 2.75) is 13.5 Å². The van der Waals surface area contributed by atoms with E-state index in [0.717, 1.165) is 12.4 Å². The van der Waals surface area contributed by atoms with Crippen LogP contribution in [0, 0.1) is 6.33 Å². The van der Waals surface area contributed by atoms with Crippen LogP contribution in [-0.2, 0) is 6.54 Å². The van der Waals surface area contributed by atoms with Gasteiger partial charge in [-0.15, -0.1) is 0 Å². The minimum absolute atomic E-state index is 0.898. The molecule has 0 aliphatic rings. The number of rotatable bonds is 2. The molecule has 0 aliphatic heterocycles. The zero-order valence-corrected chi connectivity index (χ0v) is 7.51. The number of pyridine rings is 1. The Kier molecular flexibility index (Phi) is 2.08. The highest BCUT2D eigenvalue weighted by Crippen LogP contribution is 1.99. The van der Waals surface area contributed by atoms with Crippen LogP contribution in [0.15, 0.2) is 36.8 Å². The van der Waals surface area contributed by atoms with Crippen LogP contribution in [0.5, 0.6) is 0 Å². The van der Waals surface area contributed by atoms with Gasteiger partial charge in [-0.05, 0) is 19.1 Å². The normalized spacial score (nSPS) is 10.2. The molecule has 0 amide bonds. The van der Waals surface area contributed by atoms with E-state index in [1.54, 1.807) is 6.20 Å². The van der Waals surface area contributed by atoms with Crippen molar-refractivity contribution < 1.29 is 4.57 Å². The summed E-state index contributed by atoms with van der Waals surface area (Å²) in [6.45, 7) is 3.01. The molecule has 0 N–H and O–H groups in total. The Hall–Kier alpha value is -1.64. The van der Waals surface area contributed by atoms with E-state index >= 15 is 0 Å². The summed E-state index contributed by atoms with van der Waals surface area (Å²) in [7, 11) is 0. The summed E-state index contributed by atoms with van der Waals surface area (Å²) in [6.07, 6.45) is 8.86. The van der Waals surface area contributed by atoms with Crippen LogP contribution in [-0.4, -0.2) is 9.55 Å². The first kappa shape index (κ1) is 7.98. The number of aromatic nitrogens is 3. The summed E-state index contributed by atoms with van der Waals surface area (Å²) in [5, 5.41) is 0. The Morgan fingerprint density at radius 2 is 2.46 bits per heavy atom. The molecule has 0 atom stereocenters. The first-order valence-electron chi connectivity index (χ1n) is 4.31. The second kappa shape index (κ2) is 3.39. The zero-order chi connectivity index (χ0) is 9.10. The van der Waals surface area contributed by atoms with Crippen LogP contribution in [0.4, 0.5) is 0 Å². The van der Waals surface area contributed by atoms with E-state index < -0.39 is 0 Å². The van der Waals surface area contributed by atoms with Gasteiger partial charge in [-0.2, -0.15) is 0 Å². The molecule has 0 unspecified atom stereocenters. The standard InChI is InChI=1S/C10H11N3/c1-2-12-7-8-13(9-12)10-5-3-4-6-11-10/h3-8H,2H2,1H3. The van der Waals surface area contributed by atoms with Crippen molar-refractivity contribution in [2.75, 3.05) is 0 Å². The Labute approximate surface area is 77.3 Å². The summed E-state index contributed by atoms with van der Waals surface area (Å²) < 4.78 is 3.86. The highest BCUT2D eigenvalue weighted by Gasteiger charge is 1.96. The monoisotopic (exact) mass is 173 g/mol. The molecule has 2 aromatic rings. The fourth-order valence-electron chi connectivity index (χ4n) is 1.15. The molecule has 2 rings (SSSR count). The lowest BCUT2D eigenvalue weighted by atomic mass is 10.5. The molecule has 13 heavy (non-hydrogen) atoms. The van der Waals surface area contributed by atoms with Crippen LogP contribution >= 0.6 is 0 Å². The van der Waals surface area contributed by atoms with Gasteiger partial charge in [-0.25, -0.2) is 0 Å². The Bertz CT molecular complexity index is 378. The van der Waals surface area contributed by atoms with Crippen molar-refractivity contribution >= 4 is 0 Å². The maximum Gasteiger partial charge on any atom is 0.244 e. The SMILES string of the molecule is CC[n+]1[c-]n(-c2ccccn2)cc1. The number of aryl methyl sites for hydroxylation is 1. The van der Waals surface area contributed by atoms with Crippen molar-refractivity contribution in [2.24, 2.45) is 0 Å². The van der Waals surface area contributed by atoms with Crippen LogP contribution in [0.3, 0.4) is 0 Å². The lowest BCUT2D eigenvalue weighted by Gasteiger charge is -1.98. The van der Waals surface area contributed by atoms with E-state index in [1.165, 1.54) is 0 Å². The van der Waals surface area contributed by atoms with Crippen molar-refractivity contribution in [1.29, 1.82) is 0 Å². The minimum atomic E-state index is 0.898. The topological polar surface area (TPSA) is 21.7 Å². The minimum Gasteiger partial charge on any atom is -0.320 e. The predicted molar refractivity (Wildman–Crippen MR) is 48.3 cm³/mol. The van der Waals surface area contributed by atoms with Gasteiger partial charge in [0.2, 0.25) is 6.33 Å². The fraction of sp³-hybridized carbons (Fsp3) is 0.200. The molecule has 0 spiro atoms. The highest BCUT2D eigenvalue weighted by atomic mass is 15.1. The van der Waals surface area contributed by atoms with E-state index in [-0.39, 0.29) is 0 Å². The van der Waals surface area contributed by atoms with Crippen molar-refractivity contribution in [3.05, 3.63) is 43.1 Å². The van der Waals surface area contributed by atoms with Crippen LogP contribution < -0.4 is 4.57 Å². The Morgan fingerprint density at radius 3 is 3.08 bits per heavy atom. The second-order valence-electron chi connectivity index (χ2n) is 2.74. The maximum atomic E-state index is 4.21. The maximum absolute atomic E-state index is 4.21. The third-order valence-corrected chi connectivity index (χ3v) is 1.87. The van der Waals surface area contributed by atoms with Gasteiger partial charge in [0.1, 0.15) is 5.82 Å². The number of nitrogens with zero attached hydrogens (tertiary/aromatic N) is 3. The second-order valence-corrected chi connectivity index (χ2v) is 2.74. The van der Waals surface area contributed by atoms with Crippen molar-refractivity contribution in [3.63, 3.8) is 0 Å². The highest BCUT2D eigenvalue weighted by molar-refractivity contribution is 5.19. The first-order chi connectivity index (χ1) is 6.40. The smallest absolute Gasteiger partial charge is 0.244 e. The Morgan fingerprint density at radius 1 is 1.54 bits per heavy atom. The van der Waals surface area contributed by atoms with Gasteiger partial charge < -0.3 is 9.13 Å². The molecule has 0 radical (unpaired) electrons. The quantitative estimate of drug-likeness (QED) is 0.490. The van der Waals surface area contributed by atoms with Gasteiger partial charge in [0.15, 0.2) is 0 Å². The van der Waals surface area contributed by atoms with E-state index in [2.05, 4.69) is 18.2 Å². The van der Waals surface area contributed by atoms with Gasteiger partial charge in [0.25, 0.3) is 0 Å². The number of imidazole rings is 1. The largest absolute Gasteiger partial charge is 0.320 e. The zero-order valence-electron chi connectivity index (χ0n) is 7.51. The molecule has 2 aromatic heterocycles. The molecule has 0 saturated heterocycles. The van der Waals surface area contributed by atoms with Crippen molar-refractivity contribution in [1.82, 2.24) is 9.55 Å². The first-order valence-corrected chi connectivity index (χ1v) is 4.31. The molecule has 0 aromatic carbocycles. The molecular weight excluding hydrogens is 162 g/mol. The average Bonchev–Trinajstić information content (AvgIpc) is 2.67. The fourth-order valence-corrected chi connectivity index (χ4v) is 1.15. The van der Waals surface area contributed by atoms with Gasteiger partial charge in [-0.1, -0.05) is 6.07 Å². The molecule has 3 nitrogen and oxygen atoms in total. The van der Waals surface area contributed by atoms with Crippen LogP contribution in [0.1, 0.15) is 6.92 Å². The van der Waals surface area contributed by atoms with Gasteiger partial charge in [-0.3, -0.25) is 4.98 Å². The predicted octanol–water partition coefficient (Wildman–Crippen LogP) is 0.980. The molecular formula is C10H11N3. The van der Waals surface area contributed by atoms with E-state index in [1.807, 2.05) is 39.7 Å². The molecule has 0 fully saturated rings. The van der Waals surface area contributed by atoms with Gasteiger partial charge >= 0.3 is 0 Å². The number of hydrogen-bond acceptors (Lipinski definition) is 1. The van der Waals surface area contributed by atoms with Crippen LogP contribution in [0.2, 0.25) is 0 Å². The third-order valence-electron chi connectivity index (χ3n) is 1.87. The van der Waals surface area contributed by atoms with Gasteiger partial charge in [0.05, 0.1) is 6.54 Å². The van der Waals surface area contributed by atoms with E-state index in [4.69, 9.17) is 0 Å². The molecule has 3 heteroatoms. The molecule has 0 bridgehead atoms. The molecule has 0 aliphatic carbocycles. The Balaban J connectivity index is 2.36. The lowest BCUT2D eigenvalue weighted by Crippen LogP contribution is -2.29. The lowest BCUT2D eigenvalue weighted by molar-refractivity contribution is -0.696. The molecule has 66 valence electrons. The average molecular weight is 173 g/mol. The molecule has 2 heterocycles. The van der Waals surface area contributed by atoms with Crippen molar-refractivity contribution in [3.8, 4) is 5.82 Å². The summed E-state index contributed by atoms with van der Waals surface area (Å²) in [4.78, 5) is 4.21. The van der Waals surface area contributed by atoms with Crippen LogP contribution in [0.25, 0.3) is 5.82 Å². The van der Waals surface area contributed by atoms with Gasteiger partial charge in [0, 0.05) is 18.6 Å². The van der Waals surface area contributed by atoms with E-state index in [9.17, 15) is 0 Å².